The molecule has 0 unspecified atom stereocenters. The van der Waals surface area contributed by atoms with Gasteiger partial charge in [0.05, 0.1) is 5.75 Å². The van der Waals surface area contributed by atoms with Gasteiger partial charge < -0.3 is 10.2 Å². The molecule has 0 atom stereocenters. The summed E-state index contributed by atoms with van der Waals surface area (Å²) in [6, 6.07) is 11.0. The molecule has 0 fully saturated rings. The van der Waals surface area contributed by atoms with Crippen molar-refractivity contribution >= 4 is 23.4 Å². The van der Waals surface area contributed by atoms with Gasteiger partial charge in [0.2, 0.25) is 5.91 Å². The molecular formula is C17H18F2N2OS. The van der Waals surface area contributed by atoms with E-state index in [1.165, 1.54) is 0 Å². The molecule has 1 amide bonds. The van der Waals surface area contributed by atoms with Crippen LogP contribution in [0.4, 0.5) is 14.5 Å². The standard InChI is InChI=1S/C17H18F2N2OS/c1-21(2)14-6-3-12(4-7-14)10-20-17(22)11-23-16-9-13(18)5-8-15(16)19/h3-9H,10-11H2,1-2H3,(H,20,22). The van der Waals surface area contributed by atoms with Crippen molar-refractivity contribution in [3.05, 3.63) is 59.7 Å². The summed E-state index contributed by atoms with van der Waals surface area (Å²) in [4.78, 5) is 13.9. The average Bonchev–Trinajstić information content (AvgIpc) is 2.54. The lowest BCUT2D eigenvalue weighted by Crippen LogP contribution is -2.24. The van der Waals surface area contributed by atoms with Crippen LogP contribution in [0.3, 0.4) is 0 Å². The zero-order valence-corrected chi connectivity index (χ0v) is 13.8. The highest BCUT2D eigenvalue weighted by Crippen LogP contribution is 2.22. The Labute approximate surface area is 138 Å². The summed E-state index contributed by atoms with van der Waals surface area (Å²) in [6.45, 7) is 0.402. The van der Waals surface area contributed by atoms with Gasteiger partial charge in [-0.25, -0.2) is 8.78 Å². The zero-order chi connectivity index (χ0) is 16.8. The Bertz CT molecular complexity index is 675. The maximum Gasteiger partial charge on any atom is 0.230 e. The topological polar surface area (TPSA) is 32.3 Å². The van der Waals surface area contributed by atoms with Crippen molar-refractivity contribution in [3.63, 3.8) is 0 Å². The van der Waals surface area contributed by atoms with Gasteiger partial charge in [0.15, 0.2) is 0 Å². The third-order valence-corrected chi connectivity index (χ3v) is 4.22. The molecule has 0 aliphatic carbocycles. The Hall–Kier alpha value is -2.08. The van der Waals surface area contributed by atoms with Crippen molar-refractivity contribution in [1.82, 2.24) is 5.32 Å². The highest BCUT2D eigenvalue weighted by Gasteiger charge is 2.08. The maximum atomic E-state index is 13.5. The second-order valence-electron chi connectivity index (χ2n) is 5.20. The van der Waals surface area contributed by atoms with Gasteiger partial charge in [-0.05, 0) is 35.9 Å². The van der Waals surface area contributed by atoms with Crippen LogP contribution in [0.25, 0.3) is 0 Å². The van der Waals surface area contributed by atoms with Gasteiger partial charge in [-0.3, -0.25) is 4.79 Å². The maximum absolute atomic E-state index is 13.5. The molecule has 1 N–H and O–H groups in total. The number of anilines is 1. The number of benzene rings is 2. The van der Waals surface area contributed by atoms with Crippen LogP contribution in [0.15, 0.2) is 47.4 Å². The first kappa shape index (κ1) is 17.3. The summed E-state index contributed by atoms with van der Waals surface area (Å²) in [5.74, 6) is -1.23. The Morgan fingerprint density at radius 2 is 1.83 bits per heavy atom. The smallest absolute Gasteiger partial charge is 0.230 e. The first-order chi connectivity index (χ1) is 11.0. The Kier molecular flexibility index (Phi) is 5.98. The van der Waals surface area contributed by atoms with Gasteiger partial charge in [-0.1, -0.05) is 12.1 Å². The molecule has 3 nitrogen and oxygen atoms in total. The number of nitrogens with zero attached hydrogens (tertiary/aromatic N) is 1. The lowest BCUT2D eigenvalue weighted by Gasteiger charge is -2.13. The fourth-order valence-electron chi connectivity index (χ4n) is 1.89. The third-order valence-electron chi connectivity index (χ3n) is 3.19. The van der Waals surface area contributed by atoms with E-state index in [-0.39, 0.29) is 16.6 Å². The fraction of sp³-hybridized carbons (Fsp3) is 0.235. The molecule has 2 aromatic rings. The number of nitrogens with one attached hydrogen (secondary N) is 1. The molecule has 23 heavy (non-hydrogen) atoms. The fourth-order valence-corrected chi connectivity index (χ4v) is 2.69. The van der Waals surface area contributed by atoms with Crippen LogP contribution in [0.1, 0.15) is 5.56 Å². The molecule has 122 valence electrons. The van der Waals surface area contributed by atoms with Crippen LogP contribution in [0.5, 0.6) is 0 Å². The molecule has 2 aromatic carbocycles. The number of carbonyl (C=O) groups excluding carboxylic acids is 1. The molecule has 0 spiro atoms. The summed E-state index contributed by atoms with van der Waals surface area (Å²) in [5, 5.41) is 2.76. The third kappa shape index (κ3) is 5.25. The number of hydrogen-bond acceptors (Lipinski definition) is 3. The molecule has 0 saturated carbocycles. The predicted octanol–water partition coefficient (Wildman–Crippen LogP) is 3.44. The van der Waals surface area contributed by atoms with Crippen LogP contribution in [-0.4, -0.2) is 25.8 Å². The van der Waals surface area contributed by atoms with Crippen LogP contribution >= 0.6 is 11.8 Å². The van der Waals surface area contributed by atoms with E-state index in [2.05, 4.69) is 5.32 Å². The number of amides is 1. The van der Waals surface area contributed by atoms with E-state index < -0.39 is 11.6 Å². The van der Waals surface area contributed by atoms with Gasteiger partial charge in [-0.2, -0.15) is 0 Å². The van der Waals surface area contributed by atoms with Crippen molar-refractivity contribution < 1.29 is 13.6 Å². The molecular weight excluding hydrogens is 318 g/mol. The van der Waals surface area contributed by atoms with Crippen molar-refractivity contribution in [2.75, 3.05) is 24.7 Å². The van der Waals surface area contributed by atoms with E-state index >= 15 is 0 Å². The molecule has 0 aliphatic heterocycles. The SMILES string of the molecule is CN(C)c1ccc(CNC(=O)CSc2cc(F)ccc2F)cc1. The summed E-state index contributed by atoms with van der Waals surface area (Å²) < 4.78 is 26.5. The number of thioether (sulfide) groups is 1. The number of carbonyl (C=O) groups is 1. The van der Waals surface area contributed by atoms with Crippen molar-refractivity contribution in [2.24, 2.45) is 0 Å². The lowest BCUT2D eigenvalue weighted by atomic mass is 10.2. The summed E-state index contributed by atoms with van der Waals surface area (Å²) in [7, 11) is 3.92. The highest BCUT2D eigenvalue weighted by atomic mass is 32.2. The van der Waals surface area contributed by atoms with Gasteiger partial charge in [0.1, 0.15) is 11.6 Å². The predicted molar refractivity (Wildman–Crippen MR) is 89.7 cm³/mol. The Morgan fingerprint density at radius 1 is 1.13 bits per heavy atom. The minimum Gasteiger partial charge on any atom is -0.378 e. The highest BCUT2D eigenvalue weighted by molar-refractivity contribution is 8.00. The van der Waals surface area contributed by atoms with E-state index in [0.717, 1.165) is 41.2 Å². The summed E-state index contributed by atoms with van der Waals surface area (Å²) >= 11 is 0.977. The molecule has 0 saturated heterocycles. The Morgan fingerprint density at radius 3 is 2.48 bits per heavy atom. The molecule has 0 aromatic heterocycles. The second kappa shape index (κ2) is 7.97. The van der Waals surface area contributed by atoms with E-state index in [0.29, 0.717) is 6.54 Å². The van der Waals surface area contributed by atoms with E-state index in [1.54, 1.807) is 0 Å². The molecule has 0 bridgehead atoms. The van der Waals surface area contributed by atoms with Gasteiger partial charge in [0.25, 0.3) is 0 Å². The number of hydrogen-bond donors (Lipinski definition) is 1. The second-order valence-corrected chi connectivity index (χ2v) is 6.22. The first-order valence-corrected chi connectivity index (χ1v) is 8.05. The van der Waals surface area contributed by atoms with Gasteiger partial charge >= 0.3 is 0 Å². The minimum atomic E-state index is -0.525. The van der Waals surface area contributed by atoms with Crippen molar-refractivity contribution in [2.45, 2.75) is 11.4 Å². The average molecular weight is 336 g/mol. The van der Waals surface area contributed by atoms with Crippen molar-refractivity contribution in [3.8, 4) is 0 Å². The normalized spacial score (nSPS) is 10.4. The number of halogens is 2. The van der Waals surface area contributed by atoms with Crippen LogP contribution in [0.2, 0.25) is 0 Å². The molecule has 2 rings (SSSR count). The van der Waals surface area contributed by atoms with E-state index in [9.17, 15) is 13.6 Å². The largest absolute Gasteiger partial charge is 0.378 e. The Balaban J connectivity index is 1.82. The monoisotopic (exact) mass is 336 g/mol. The first-order valence-electron chi connectivity index (χ1n) is 7.06. The van der Waals surface area contributed by atoms with Crippen LogP contribution in [0, 0.1) is 11.6 Å². The minimum absolute atomic E-state index is 0.0379. The van der Waals surface area contributed by atoms with Crippen LogP contribution in [-0.2, 0) is 11.3 Å². The lowest BCUT2D eigenvalue weighted by molar-refractivity contribution is -0.118. The van der Waals surface area contributed by atoms with E-state index in [4.69, 9.17) is 0 Å². The molecule has 0 radical (unpaired) electrons. The van der Waals surface area contributed by atoms with Gasteiger partial charge in [0, 0.05) is 31.2 Å². The quantitative estimate of drug-likeness (QED) is 0.820. The number of rotatable bonds is 6. The zero-order valence-electron chi connectivity index (χ0n) is 13.0. The molecule has 6 heteroatoms. The van der Waals surface area contributed by atoms with Gasteiger partial charge in [-0.15, -0.1) is 11.8 Å². The summed E-state index contributed by atoms with van der Waals surface area (Å²) in [5.41, 5.74) is 2.06. The molecule has 0 aliphatic rings. The summed E-state index contributed by atoms with van der Waals surface area (Å²) in [6.07, 6.45) is 0. The van der Waals surface area contributed by atoms with E-state index in [1.807, 2.05) is 43.3 Å². The molecule has 0 heterocycles. The van der Waals surface area contributed by atoms with Crippen LogP contribution < -0.4 is 10.2 Å². The van der Waals surface area contributed by atoms with Crippen molar-refractivity contribution in [1.29, 1.82) is 0 Å².